The summed E-state index contributed by atoms with van der Waals surface area (Å²) in [5.74, 6) is 0. The van der Waals surface area contributed by atoms with Gasteiger partial charge in [0.25, 0.3) is 11.3 Å². The van der Waals surface area contributed by atoms with Crippen molar-refractivity contribution >= 4 is 28.1 Å². The summed E-state index contributed by atoms with van der Waals surface area (Å²) in [6.45, 7) is 0. The zero-order valence-electron chi connectivity index (χ0n) is 9.57. The molecule has 96 valence electrons. The van der Waals surface area contributed by atoms with E-state index in [4.69, 9.17) is 4.55 Å². The minimum absolute atomic E-state index is 0.556. The molecule has 3 rings (SSSR count). The van der Waals surface area contributed by atoms with Gasteiger partial charge in [-0.1, -0.05) is 12.1 Å². The van der Waals surface area contributed by atoms with Crippen LogP contribution >= 0.6 is 0 Å². The fourth-order valence-electron chi connectivity index (χ4n) is 1.68. The predicted octanol–water partition coefficient (Wildman–Crippen LogP) is 1.57. The average molecular weight is 275 g/mol. The molecule has 19 heavy (non-hydrogen) atoms. The van der Waals surface area contributed by atoms with Crippen LogP contribution in [0, 0.1) is 0 Å². The van der Waals surface area contributed by atoms with Crippen molar-refractivity contribution in [1.82, 2.24) is 20.2 Å². The van der Waals surface area contributed by atoms with E-state index in [1.54, 1.807) is 36.7 Å². The molecule has 3 aromatic rings. The van der Waals surface area contributed by atoms with E-state index in [1.807, 2.05) is 0 Å². The highest BCUT2D eigenvalue weighted by atomic mass is 32.2. The fourth-order valence-corrected chi connectivity index (χ4v) is 2.02. The SMILES string of the molecule is O=S(O)Nc1ccc(-c2cnc3cn[nH]c3n2)cc1. The van der Waals surface area contributed by atoms with Gasteiger partial charge in [-0.3, -0.25) is 14.4 Å². The Morgan fingerprint density at radius 3 is 2.74 bits per heavy atom. The topological polar surface area (TPSA) is 104 Å². The lowest BCUT2D eigenvalue weighted by Gasteiger charge is -2.03. The molecule has 1 unspecified atom stereocenters. The van der Waals surface area contributed by atoms with E-state index in [2.05, 4.69) is 24.9 Å². The monoisotopic (exact) mass is 275 g/mol. The van der Waals surface area contributed by atoms with Crippen molar-refractivity contribution in [3.05, 3.63) is 36.7 Å². The summed E-state index contributed by atoms with van der Waals surface area (Å²) >= 11 is -2.07. The van der Waals surface area contributed by atoms with Gasteiger partial charge in [-0.25, -0.2) is 14.2 Å². The van der Waals surface area contributed by atoms with E-state index in [0.717, 1.165) is 5.56 Å². The van der Waals surface area contributed by atoms with Crippen LogP contribution in [-0.2, 0) is 11.3 Å². The second-order valence-electron chi connectivity index (χ2n) is 3.79. The van der Waals surface area contributed by atoms with E-state index in [1.165, 1.54) is 0 Å². The number of hydrogen-bond donors (Lipinski definition) is 3. The Morgan fingerprint density at radius 2 is 2.00 bits per heavy atom. The second kappa shape index (κ2) is 4.75. The number of anilines is 1. The Labute approximate surface area is 110 Å². The lowest BCUT2D eigenvalue weighted by Crippen LogP contribution is -2.01. The summed E-state index contributed by atoms with van der Waals surface area (Å²) in [5, 5.41) is 6.62. The summed E-state index contributed by atoms with van der Waals surface area (Å²) in [6.07, 6.45) is 3.26. The van der Waals surface area contributed by atoms with Crippen LogP contribution < -0.4 is 4.72 Å². The third kappa shape index (κ3) is 2.44. The zero-order chi connectivity index (χ0) is 13.2. The van der Waals surface area contributed by atoms with Gasteiger partial charge in [-0.15, -0.1) is 0 Å². The lowest BCUT2D eigenvalue weighted by molar-refractivity contribution is 0.570. The molecule has 2 aromatic heterocycles. The number of hydrogen-bond acceptors (Lipinski definition) is 4. The molecule has 7 nitrogen and oxygen atoms in total. The van der Waals surface area contributed by atoms with Gasteiger partial charge in [0.05, 0.1) is 18.1 Å². The zero-order valence-corrected chi connectivity index (χ0v) is 10.4. The van der Waals surface area contributed by atoms with Crippen molar-refractivity contribution in [3.8, 4) is 11.3 Å². The minimum atomic E-state index is -2.07. The van der Waals surface area contributed by atoms with Crippen molar-refractivity contribution in [2.24, 2.45) is 0 Å². The molecule has 0 aliphatic carbocycles. The summed E-state index contributed by atoms with van der Waals surface area (Å²) in [6, 6.07) is 6.98. The molecule has 0 fully saturated rings. The first-order chi connectivity index (χ1) is 9.22. The van der Waals surface area contributed by atoms with Gasteiger partial charge in [0.1, 0.15) is 5.52 Å². The molecular weight excluding hydrogens is 266 g/mol. The van der Waals surface area contributed by atoms with Crippen LogP contribution in [0.2, 0.25) is 0 Å². The Bertz CT molecular complexity index is 740. The Kier molecular flexibility index (Phi) is 2.94. The molecule has 1 aromatic carbocycles. The first kappa shape index (κ1) is 11.8. The summed E-state index contributed by atoms with van der Waals surface area (Å²) in [7, 11) is 0. The smallest absolute Gasteiger partial charge is 0.259 e. The molecule has 0 radical (unpaired) electrons. The number of rotatable bonds is 3. The van der Waals surface area contributed by atoms with Gasteiger partial charge < -0.3 is 0 Å². The Hall–Kier alpha value is -2.32. The van der Waals surface area contributed by atoms with E-state index in [0.29, 0.717) is 22.5 Å². The number of aromatic nitrogens is 4. The predicted molar refractivity (Wildman–Crippen MR) is 71.5 cm³/mol. The molecule has 2 heterocycles. The molecule has 1 atom stereocenters. The lowest BCUT2D eigenvalue weighted by atomic mass is 10.1. The first-order valence-electron chi connectivity index (χ1n) is 5.36. The third-order valence-corrected chi connectivity index (χ3v) is 2.95. The number of benzene rings is 1. The van der Waals surface area contributed by atoms with Gasteiger partial charge in [0, 0.05) is 11.3 Å². The molecule has 0 saturated heterocycles. The standard InChI is InChI=1S/C11H9N5O2S/c17-19(18)16-8-3-1-7(2-4-8)9-5-12-10-6-13-15-11(10)14-9/h1-6,16H,(H,17,18)(H,13,14,15). The number of aromatic amines is 1. The summed E-state index contributed by atoms with van der Waals surface area (Å²) in [4.78, 5) is 8.61. The van der Waals surface area contributed by atoms with Crippen molar-refractivity contribution in [3.63, 3.8) is 0 Å². The molecule has 0 aliphatic rings. The highest BCUT2D eigenvalue weighted by molar-refractivity contribution is 7.80. The maximum Gasteiger partial charge on any atom is 0.259 e. The van der Waals surface area contributed by atoms with Crippen molar-refractivity contribution in [1.29, 1.82) is 0 Å². The molecule has 0 bridgehead atoms. The third-order valence-electron chi connectivity index (χ3n) is 2.54. The Morgan fingerprint density at radius 1 is 1.21 bits per heavy atom. The van der Waals surface area contributed by atoms with Crippen molar-refractivity contribution < 1.29 is 8.76 Å². The number of H-pyrrole nitrogens is 1. The second-order valence-corrected chi connectivity index (χ2v) is 4.49. The maximum atomic E-state index is 10.6. The van der Waals surface area contributed by atoms with Crippen LogP contribution in [-0.4, -0.2) is 28.9 Å². The van der Waals surface area contributed by atoms with Gasteiger partial charge >= 0.3 is 0 Å². The van der Waals surface area contributed by atoms with Crippen LogP contribution in [0.25, 0.3) is 22.4 Å². The van der Waals surface area contributed by atoms with Gasteiger partial charge in [-0.05, 0) is 12.1 Å². The van der Waals surface area contributed by atoms with Crippen LogP contribution in [0.5, 0.6) is 0 Å². The molecule has 0 amide bonds. The van der Waals surface area contributed by atoms with Crippen LogP contribution in [0.3, 0.4) is 0 Å². The average Bonchev–Trinajstić information content (AvgIpc) is 2.86. The normalized spacial score (nSPS) is 12.5. The van der Waals surface area contributed by atoms with Crippen LogP contribution in [0.15, 0.2) is 36.7 Å². The minimum Gasteiger partial charge on any atom is -0.289 e. The van der Waals surface area contributed by atoms with Crippen molar-refractivity contribution in [2.75, 3.05) is 4.72 Å². The van der Waals surface area contributed by atoms with Gasteiger partial charge in [0.15, 0.2) is 5.65 Å². The van der Waals surface area contributed by atoms with Crippen LogP contribution in [0.4, 0.5) is 5.69 Å². The quantitative estimate of drug-likeness (QED) is 0.629. The highest BCUT2D eigenvalue weighted by Crippen LogP contribution is 2.20. The molecule has 3 N–H and O–H groups in total. The van der Waals surface area contributed by atoms with Crippen molar-refractivity contribution in [2.45, 2.75) is 0 Å². The maximum absolute atomic E-state index is 10.6. The Balaban J connectivity index is 1.94. The van der Waals surface area contributed by atoms with E-state index >= 15 is 0 Å². The van der Waals surface area contributed by atoms with E-state index in [9.17, 15) is 4.21 Å². The molecule has 0 spiro atoms. The molecule has 0 saturated carbocycles. The summed E-state index contributed by atoms with van der Waals surface area (Å²) < 4.78 is 21.7. The summed E-state index contributed by atoms with van der Waals surface area (Å²) in [5.41, 5.74) is 3.45. The highest BCUT2D eigenvalue weighted by Gasteiger charge is 2.04. The largest absolute Gasteiger partial charge is 0.289 e. The van der Waals surface area contributed by atoms with Gasteiger partial charge in [0.2, 0.25) is 0 Å². The fraction of sp³-hybridized carbons (Fsp3) is 0. The number of nitrogens with zero attached hydrogens (tertiary/aromatic N) is 3. The first-order valence-corrected chi connectivity index (χ1v) is 6.47. The van der Waals surface area contributed by atoms with E-state index < -0.39 is 11.3 Å². The molecular formula is C11H9N5O2S. The van der Waals surface area contributed by atoms with E-state index in [-0.39, 0.29) is 0 Å². The van der Waals surface area contributed by atoms with Crippen LogP contribution in [0.1, 0.15) is 0 Å². The van der Waals surface area contributed by atoms with Gasteiger partial charge in [-0.2, -0.15) is 5.10 Å². The number of nitrogens with one attached hydrogen (secondary N) is 2. The molecule has 0 aliphatic heterocycles. The number of fused-ring (bicyclic) bond motifs is 1. The molecule has 8 heteroatoms.